The summed E-state index contributed by atoms with van der Waals surface area (Å²) in [5.41, 5.74) is 18.7. The van der Waals surface area contributed by atoms with Crippen LogP contribution >= 0.6 is 15.9 Å². The van der Waals surface area contributed by atoms with E-state index in [0.717, 1.165) is 135 Å². The summed E-state index contributed by atoms with van der Waals surface area (Å²) in [5.74, 6) is 8.53. The molecule has 0 unspecified atom stereocenters. The highest BCUT2D eigenvalue weighted by Gasteiger charge is 2.32. The molecular formula is C95H121BrN10O16. The van der Waals surface area contributed by atoms with Gasteiger partial charge >= 0.3 is 5.97 Å². The van der Waals surface area contributed by atoms with E-state index in [0.29, 0.717) is 103 Å². The molecule has 654 valence electrons. The normalized spacial score (nSPS) is 13.8. The minimum Gasteiger partial charge on any atom is -0.508 e. The van der Waals surface area contributed by atoms with Gasteiger partial charge in [0.15, 0.2) is 11.5 Å². The van der Waals surface area contributed by atoms with Crippen molar-refractivity contribution in [3.63, 3.8) is 0 Å². The number of rotatable bonds is 29. The van der Waals surface area contributed by atoms with Crippen LogP contribution in [0.15, 0.2) is 146 Å². The number of nitrogens with zero attached hydrogens (tertiary/aromatic N) is 7. The molecule has 8 N–H and O–H groups in total. The van der Waals surface area contributed by atoms with Crippen LogP contribution in [0.5, 0.6) is 63.2 Å². The highest BCUT2D eigenvalue weighted by Crippen LogP contribution is 2.42. The molecule has 0 bridgehead atoms. The number of aromatic nitrogens is 6. The first kappa shape index (κ1) is 94.3. The number of halogens is 1. The van der Waals surface area contributed by atoms with Gasteiger partial charge in [-0.25, -0.2) is 4.79 Å². The Morgan fingerprint density at radius 3 is 1.41 bits per heavy atom. The Bertz CT molecular complexity index is 5060. The molecule has 5 saturated carbocycles. The molecule has 5 aliphatic carbocycles. The highest BCUT2D eigenvalue weighted by molar-refractivity contribution is 9.09. The van der Waals surface area contributed by atoms with Crippen LogP contribution in [0.2, 0.25) is 0 Å². The lowest BCUT2D eigenvalue weighted by molar-refractivity contribution is 0.0682. The molecule has 0 aliphatic heterocycles. The number of carboxylic acid groups (broad SMARTS) is 1. The summed E-state index contributed by atoms with van der Waals surface area (Å²) in [6.07, 6.45) is 18.7. The van der Waals surface area contributed by atoms with Crippen molar-refractivity contribution in [2.24, 2.45) is 38.7 Å². The van der Waals surface area contributed by atoms with Gasteiger partial charge < -0.3 is 79.6 Å². The number of methoxy groups -OCH3 is 7. The van der Waals surface area contributed by atoms with Gasteiger partial charge in [0.2, 0.25) is 0 Å². The number of aryl methyl sites for hydroxylation is 3. The third-order valence-electron chi connectivity index (χ3n) is 22.3. The third kappa shape index (κ3) is 27.2. The van der Waals surface area contributed by atoms with Crippen LogP contribution in [-0.4, -0.2) is 140 Å². The van der Waals surface area contributed by atoms with Gasteiger partial charge in [0, 0.05) is 129 Å². The van der Waals surface area contributed by atoms with Crippen molar-refractivity contribution >= 4 is 40.0 Å². The molecular weight excluding hydrogens is 1620 g/mol. The van der Waals surface area contributed by atoms with Crippen LogP contribution in [0.25, 0.3) is 0 Å². The Morgan fingerprint density at radius 1 is 0.475 bits per heavy atom. The number of hydrogen-bond acceptors (Lipinski definition) is 20. The Labute approximate surface area is 725 Å². The molecule has 27 heteroatoms. The zero-order valence-corrected chi connectivity index (χ0v) is 74.2. The summed E-state index contributed by atoms with van der Waals surface area (Å²) in [7, 11) is 16.6. The molecule has 26 nitrogen and oxygen atoms in total. The maximum Gasteiger partial charge on any atom is 0.354 e. The standard InChI is InChI=1S/C25H29N3O4.C22H29N3O2.C17H21NO4.C9H13NO2.C8H10N2O2.C8H8O2.C6H11Br/c1-16-18(6-5-7-23(16)29)14-28(15-19-10-11-20(31-3)12-24(19)32-4)25(30)22-13-21(17-8-9-17)26-27(22)2;1-15-18(8-5-9-21(15)27-14-16-6-3-4-7-16)13-23-22(26)20-12-19(17-10-11-17)24-25(20)2;1-20-14-8-7-12(16(9-14)21-2)10-18-11-13-5-4-6-15(19)17(13)22-3;1-11-8-4-3-7(6-10)9(5-8)12-2;1-10-7(8(11)12)4-6(9-10)5-2-3-5;1-6-7(5-9)3-2-4-8(6)10;7-5-6-3-1-2-4-6/h5-7,10-13,17,29H,8-9,14-15H2,1-4H3;5,8-9,12,16-17H,3-4,6-7,10-11,13-14H2,1-2H3,(H,23,26);4-9,18-19H,10-11H2,1-3H3;3-5H,6,10H2,1-2H3;4-5H,2-3H2,1H3,(H,11,12);2-5,10H,1H3;6H,1-5H2. The highest BCUT2D eigenvalue weighted by atomic mass is 79.9. The lowest BCUT2D eigenvalue weighted by Crippen LogP contribution is -2.32. The Morgan fingerprint density at radius 2 is 0.918 bits per heavy atom. The van der Waals surface area contributed by atoms with Gasteiger partial charge in [-0.1, -0.05) is 102 Å². The number of ether oxygens (including phenoxy) is 8. The number of phenols is 3. The van der Waals surface area contributed by atoms with Crippen molar-refractivity contribution in [3.05, 3.63) is 235 Å². The number of amides is 2. The van der Waals surface area contributed by atoms with E-state index in [4.69, 9.17) is 53.8 Å². The number of carbonyl (C=O) groups is 4. The summed E-state index contributed by atoms with van der Waals surface area (Å²) >= 11 is 3.48. The van der Waals surface area contributed by atoms with Crippen LogP contribution in [0, 0.1) is 32.6 Å². The van der Waals surface area contributed by atoms with E-state index in [1.54, 1.807) is 127 Å². The third-order valence-corrected chi connectivity index (χ3v) is 23.3. The second kappa shape index (κ2) is 47.0. The Kier molecular flexibility index (Phi) is 36.4. The SMILES string of the molecule is BrCC1CCCC1.COc1ccc(CN(Cc2cccc(O)c2C)C(=O)c2cc(C3CC3)nn2C)c(OC)c1.COc1ccc(CN)c(OC)c1.COc1ccc(CNCc2cccc(O)c2OC)c(OC)c1.Cc1c(CNC(=O)c2cc(C3CC3)nn2C)cccc1OCC1CCCC1.Cc1c(O)cccc1C=O.Cn1nc(C2CC2)cc1C(=O)O. The molecule has 2 amide bonds. The molecule has 0 spiro atoms. The molecule has 7 aromatic carbocycles. The first-order valence-corrected chi connectivity index (χ1v) is 42.6. The zero-order chi connectivity index (χ0) is 87.9. The van der Waals surface area contributed by atoms with Crippen molar-refractivity contribution < 1.29 is 77.5 Å². The van der Waals surface area contributed by atoms with Crippen LogP contribution < -0.4 is 54.3 Å². The fraction of sp³-hybridized carbons (Fsp3) is 0.421. The smallest absolute Gasteiger partial charge is 0.354 e. The number of nitrogens with one attached hydrogen (secondary N) is 2. The second-order valence-electron chi connectivity index (χ2n) is 31.0. The minimum atomic E-state index is -0.906. The van der Waals surface area contributed by atoms with Crippen molar-refractivity contribution in [1.82, 2.24) is 44.9 Å². The van der Waals surface area contributed by atoms with Gasteiger partial charge in [0.25, 0.3) is 11.8 Å². The molecule has 15 rings (SSSR count). The lowest BCUT2D eigenvalue weighted by atomic mass is 10.1. The predicted molar refractivity (Wildman–Crippen MR) is 474 cm³/mol. The quantitative estimate of drug-likeness (QED) is 0.0169. The summed E-state index contributed by atoms with van der Waals surface area (Å²) < 4.78 is 47.7. The molecule has 5 fully saturated rings. The summed E-state index contributed by atoms with van der Waals surface area (Å²) in [6, 6.07) is 44.0. The average molecular weight is 1740 g/mol. The molecule has 0 radical (unpaired) electrons. The summed E-state index contributed by atoms with van der Waals surface area (Å²) in [5, 5.41) is 58.5. The van der Waals surface area contributed by atoms with Crippen LogP contribution in [0.1, 0.15) is 217 Å². The number of aromatic carboxylic acids is 1. The van der Waals surface area contributed by atoms with E-state index < -0.39 is 5.97 Å². The van der Waals surface area contributed by atoms with Crippen LogP contribution in [0.3, 0.4) is 0 Å². The number of aromatic hydroxyl groups is 3. The maximum atomic E-state index is 13.7. The predicted octanol–water partition coefficient (Wildman–Crippen LogP) is 17.2. The first-order chi connectivity index (χ1) is 58.9. The van der Waals surface area contributed by atoms with E-state index in [2.05, 4.69) is 54.8 Å². The number of aldehydes is 1. The van der Waals surface area contributed by atoms with Gasteiger partial charge in [0.05, 0.1) is 80.0 Å². The van der Waals surface area contributed by atoms with Gasteiger partial charge in [-0.3, -0.25) is 28.4 Å². The van der Waals surface area contributed by atoms with Crippen LogP contribution in [0.4, 0.5) is 0 Å². The second-order valence-corrected chi connectivity index (χ2v) is 31.6. The van der Waals surface area contributed by atoms with Crippen molar-refractivity contribution in [3.8, 4) is 63.2 Å². The zero-order valence-electron chi connectivity index (χ0n) is 72.7. The monoisotopic (exact) mass is 1740 g/mol. The van der Waals surface area contributed by atoms with Gasteiger partial charge in [-0.2, -0.15) is 15.3 Å². The number of nitrogens with two attached hydrogens (primary N) is 1. The maximum absolute atomic E-state index is 13.7. The van der Waals surface area contributed by atoms with E-state index in [-0.39, 0.29) is 34.8 Å². The minimum absolute atomic E-state index is 0.0754. The average Bonchev–Trinajstić information content (AvgIpc) is 1.64. The molecule has 3 heterocycles. The number of alkyl halides is 1. The molecule has 10 aromatic rings. The number of benzene rings is 7. The van der Waals surface area contributed by atoms with Gasteiger partial charge in [-0.05, 0) is 186 Å². The van der Waals surface area contributed by atoms with E-state index >= 15 is 0 Å². The largest absolute Gasteiger partial charge is 0.508 e. The fourth-order valence-corrected chi connectivity index (χ4v) is 14.9. The van der Waals surface area contributed by atoms with E-state index in [9.17, 15) is 29.4 Å². The number of carbonyl (C=O) groups excluding carboxylic acids is 3. The van der Waals surface area contributed by atoms with Crippen LogP contribution in [-0.2, 0) is 60.4 Å². The van der Waals surface area contributed by atoms with Crippen molar-refractivity contribution in [2.45, 2.75) is 168 Å². The lowest BCUT2D eigenvalue weighted by Gasteiger charge is -2.25. The van der Waals surface area contributed by atoms with E-state index in [1.165, 1.54) is 74.2 Å². The number of para-hydroxylation sites is 1. The molecule has 0 saturated heterocycles. The molecule has 122 heavy (non-hydrogen) atoms. The first-order valence-electron chi connectivity index (χ1n) is 41.5. The topological polar surface area (TPSA) is 330 Å². The fourth-order valence-electron chi connectivity index (χ4n) is 14.3. The molecule has 3 aromatic heterocycles. The number of carboxylic acids is 1. The van der Waals surface area contributed by atoms with Gasteiger partial charge in [-0.15, -0.1) is 0 Å². The number of phenolic OH excluding ortho intramolecular Hbond substituents is 3. The summed E-state index contributed by atoms with van der Waals surface area (Å²) in [6.45, 7) is 9.30. The summed E-state index contributed by atoms with van der Waals surface area (Å²) in [4.78, 5) is 48.9. The van der Waals surface area contributed by atoms with Gasteiger partial charge in [0.1, 0.15) is 75.1 Å². The Hall–Kier alpha value is -11.6. The van der Waals surface area contributed by atoms with Crippen molar-refractivity contribution in [2.75, 3.05) is 61.7 Å². The van der Waals surface area contributed by atoms with Crippen molar-refractivity contribution in [1.29, 1.82) is 0 Å². The molecule has 0 atom stereocenters. The Balaban J connectivity index is 0.000000171. The molecule has 5 aliphatic rings. The number of hydrogen-bond donors (Lipinski definition) is 7. The van der Waals surface area contributed by atoms with E-state index in [1.807, 2.05) is 112 Å².